The lowest BCUT2D eigenvalue weighted by Gasteiger charge is -2.61. The molecule has 2 heterocycles. The van der Waals surface area contributed by atoms with E-state index in [9.17, 15) is 20.1 Å². The van der Waals surface area contributed by atoms with Crippen LogP contribution in [0.3, 0.4) is 0 Å². The van der Waals surface area contributed by atoms with Gasteiger partial charge in [0.05, 0.1) is 43.4 Å². The van der Waals surface area contributed by atoms with Gasteiger partial charge in [0.1, 0.15) is 11.4 Å². The zero-order valence-corrected chi connectivity index (χ0v) is 15.4. The number of hydrogen-bond acceptors (Lipinski definition) is 6. The monoisotopic (exact) mass is 364 g/mol. The molecular weight excluding hydrogens is 336 g/mol. The Morgan fingerprint density at radius 1 is 1.42 bits per heavy atom. The van der Waals surface area contributed by atoms with E-state index in [-0.39, 0.29) is 18.3 Å². The maximum atomic E-state index is 13.2. The van der Waals surface area contributed by atoms with Gasteiger partial charge in [-0.15, -0.1) is 0 Å². The minimum atomic E-state index is -1.08. The Bertz CT molecular complexity index is 680. The molecular formula is C20H28O6. The number of fused-ring (bicyclic) bond motifs is 2. The summed E-state index contributed by atoms with van der Waals surface area (Å²) in [4.78, 5) is 13.2. The molecule has 1 saturated heterocycles. The van der Waals surface area contributed by atoms with Crippen LogP contribution >= 0.6 is 0 Å². The van der Waals surface area contributed by atoms with Gasteiger partial charge >= 0.3 is 0 Å². The third kappa shape index (κ3) is 2.22. The molecule has 3 fully saturated rings. The highest BCUT2D eigenvalue weighted by atomic mass is 16.6. The lowest BCUT2D eigenvalue weighted by atomic mass is 9.42. The largest absolute Gasteiger partial charge is 0.472 e. The van der Waals surface area contributed by atoms with Crippen LogP contribution in [0, 0.1) is 22.7 Å². The summed E-state index contributed by atoms with van der Waals surface area (Å²) in [5.41, 5.74) is -1.56. The third-order valence-electron chi connectivity index (χ3n) is 7.70. The molecule has 2 aliphatic carbocycles. The Kier molecular flexibility index (Phi) is 4.12. The van der Waals surface area contributed by atoms with Gasteiger partial charge in [-0.2, -0.15) is 0 Å². The summed E-state index contributed by atoms with van der Waals surface area (Å²) in [6.45, 7) is 4.17. The average Bonchev–Trinajstić information content (AvgIpc) is 3.17. The number of carbonyl (C=O) groups excluding carboxylic acids is 1. The Morgan fingerprint density at radius 2 is 2.15 bits per heavy atom. The van der Waals surface area contributed by atoms with Gasteiger partial charge in [-0.05, 0) is 36.7 Å². The molecule has 144 valence electrons. The Balaban J connectivity index is 1.77. The molecule has 3 aliphatic rings. The lowest BCUT2D eigenvalue weighted by molar-refractivity contribution is -0.201. The van der Waals surface area contributed by atoms with Gasteiger partial charge in [-0.3, -0.25) is 4.79 Å². The van der Waals surface area contributed by atoms with Crippen LogP contribution in [0.1, 0.15) is 51.2 Å². The number of Topliss-reactive ketones (excluding diaryl/α,β-unsaturated/α-hetero) is 1. The molecule has 7 unspecified atom stereocenters. The molecule has 1 aliphatic heterocycles. The van der Waals surface area contributed by atoms with E-state index >= 15 is 0 Å². The van der Waals surface area contributed by atoms with Crippen molar-refractivity contribution in [2.75, 3.05) is 13.2 Å². The summed E-state index contributed by atoms with van der Waals surface area (Å²) < 4.78 is 10.8. The van der Waals surface area contributed by atoms with Crippen LogP contribution in [0.2, 0.25) is 0 Å². The zero-order chi connectivity index (χ0) is 18.7. The Hall–Kier alpha value is -1.21. The minimum Gasteiger partial charge on any atom is -0.472 e. The predicted molar refractivity (Wildman–Crippen MR) is 92.1 cm³/mol. The van der Waals surface area contributed by atoms with Gasteiger partial charge < -0.3 is 24.5 Å². The SMILES string of the molecule is CC1CC(=O)C2(CO)C(C(O)CCC23CO3)C1(C)CC(O)c1ccoc1. The first-order valence-electron chi connectivity index (χ1n) is 9.47. The van der Waals surface area contributed by atoms with Crippen LogP contribution < -0.4 is 0 Å². The highest BCUT2D eigenvalue weighted by Crippen LogP contribution is 2.67. The van der Waals surface area contributed by atoms with Gasteiger partial charge in [-0.1, -0.05) is 13.8 Å². The maximum absolute atomic E-state index is 13.2. The van der Waals surface area contributed by atoms with Crippen molar-refractivity contribution in [2.24, 2.45) is 22.7 Å². The molecule has 1 aromatic rings. The minimum absolute atomic E-state index is 0.0102. The Labute approximate surface area is 153 Å². The fourth-order valence-electron chi connectivity index (χ4n) is 5.96. The normalized spacial score (nSPS) is 46.2. The summed E-state index contributed by atoms with van der Waals surface area (Å²) in [6, 6.07) is 1.73. The fraction of sp³-hybridized carbons (Fsp3) is 0.750. The van der Waals surface area contributed by atoms with E-state index in [1.165, 1.54) is 12.5 Å². The second kappa shape index (κ2) is 5.89. The first kappa shape index (κ1) is 18.2. The molecule has 0 aromatic carbocycles. The predicted octanol–water partition coefficient (Wildman–Crippen LogP) is 1.84. The van der Waals surface area contributed by atoms with Crippen molar-refractivity contribution in [3.63, 3.8) is 0 Å². The van der Waals surface area contributed by atoms with E-state index < -0.39 is 34.6 Å². The zero-order valence-electron chi connectivity index (χ0n) is 15.4. The quantitative estimate of drug-likeness (QED) is 0.705. The number of aliphatic hydroxyl groups excluding tert-OH is 3. The van der Waals surface area contributed by atoms with Crippen molar-refractivity contribution in [3.05, 3.63) is 24.2 Å². The van der Waals surface area contributed by atoms with Crippen molar-refractivity contribution in [3.8, 4) is 0 Å². The molecule has 2 saturated carbocycles. The van der Waals surface area contributed by atoms with Crippen LogP contribution in [0.5, 0.6) is 0 Å². The molecule has 0 amide bonds. The topological polar surface area (TPSA) is 103 Å². The highest BCUT2D eigenvalue weighted by Gasteiger charge is 2.75. The first-order valence-corrected chi connectivity index (χ1v) is 9.47. The number of epoxide rings is 1. The van der Waals surface area contributed by atoms with E-state index in [2.05, 4.69) is 0 Å². The van der Waals surface area contributed by atoms with Crippen LogP contribution in [0.15, 0.2) is 23.0 Å². The van der Waals surface area contributed by atoms with Crippen molar-refractivity contribution < 1.29 is 29.3 Å². The molecule has 0 bridgehead atoms. The molecule has 6 nitrogen and oxygen atoms in total. The van der Waals surface area contributed by atoms with Gasteiger partial charge in [-0.25, -0.2) is 0 Å². The number of rotatable bonds is 4. The maximum Gasteiger partial charge on any atom is 0.145 e. The number of hydrogen-bond donors (Lipinski definition) is 3. The molecule has 1 spiro atoms. The number of ketones is 1. The lowest BCUT2D eigenvalue weighted by Crippen LogP contribution is -2.68. The highest BCUT2D eigenvalue weighted by molar-refractivity contribution is 5.89. The number of furan rings is 1. The Morgan fingerprint density at radius 3 is 2.73 bits per heavy atom. The number of aliphatic hydroxyl groups is 3. The molecule has 1 aromatic heterocycles. The standard InChI is InChI=1S/C20H28O6/c1-12-7-16(24)20(10-21)17(14(22)3-5-19(20)11-26-19)18(12,2)8-15(23)13-4-6-25-9-13/h4,6,9,12,14-15,17,21-23H,3,5,7-8,10-11H2,1-2H3. The summed E-state index contributed by atoms with van der Waals surface area (Å²) in [5.74, 6) is -0.483. The summed E-state index contributed by atoms with van der Waals surface area (Å²) in [5, 5.41) is 32.1. The third-order valence-corrected chi connectivity index (χ3v) is 7.70. The van der Waals surface area contributed by atoms with E-state index in [4.69, 9.17) is 9.15 Å². The fourth-order valence-corrected chi connectivity index (χ4v) is 5.96. The smallest absolute Gasteiger partial charge is 0.145 e. The first-order chi connectivity index (χ1) is 12.3. The van der Waals surface area contributed by atoms with Crippen molar-refractivity contribution in [1.29, 1.82) is 0 Å². The van der Waals surface area contributed by atoms with Crippen LogP contribution in [0.4, 0.5) is 0 Å². The van der Waals surface area contributed by atoms with Crippen molar-refractivity contribution >= 4 is 5.78 Å². The summed E-state index contributed by atoms with van der Waals surface area (Å²) in [6.07, 6.45) is 3.44. The second-order valence-electron chi connectivity index (χ2n) is 8.81. The molecule has 4 rings (SSSR count). The molecule has 6 heteroatoms. The summed E-state index contributed by atoms with van der Waals surface area (Å²) >= 11 is 0. The van der Waals surface area contributed by atoms with Gasteiger partial charge in [0, 0.05) is 17.9 Å². The van der Waals surface area contributed by atoms with E-state index in [1.807, 2.05) is 13.8 Å². The van der Waals surface area contributed by atoms with E-state index in [0.29, 0.717) is 37.9 Å². The average molecular weight is 364 g/mol. The molecule has 26 heavy (non-hydrogen) atoms. The van der Waals surface area contributed by atoms with Gasteiger partial charge in [0.25, 0.3) is 0 Å². The van der Waals surface area contributed by atoms with Gasteiger partial charge in [0.15, 0.2) is 0 Å². The second-order valence-corrected chi connectivity index (χ2v) is 8.81. The van der Waals surface area contributed by atoms with Gasteiger partial charge in [0.2, 0.25) is 0 Å². The van der Waals surface area contributed by atoms with Crippen LogP contribution in [0.25, 0.3) is 0 Å². The van der Waals surface area contributed by atoms with Crippen molar-refractivity contribution in [2.45, 2.75) is 57.3 Å². The molecule has 3 N–H and O–H groups in total. The van der Waals surface area contributed by atoms with Crippen LogP contribution in [-0.2, 0) is 9.53 Å². The van der Waals surface area contributed by atoms with E-state index in [0.717, 1.165) is 0 Å². The van der Waals surface area contributed by atoms with Crippen LogP contribution in [-0.4, -0.2) is 46.0 Å². The van der Waals surface area contributed by atoms with E-state index in [1.54, 1.807) is 6.07 Å². The molecule has 0 radical (unpaired) electrons. The number of ether oxygens (including phenoxy) is 1. The molecule has 7 atom stereocenters. The summed E-state index contributed by atoms with van der Waals surface area (Å²) in [7, 11) is 0. The number of carbonyl (C=O) groups is 1. The van der Waals surface area contributed by atoms with Crippen molar-refractivity contribution in [1.82, 2.24) is 0 Å².